The molecule has 1 rings (SSSR count). The number of likely N-dealkylation sites (tertiary alicyclic amines) is 1. The monoisotopic (exact) mass is 228 g/mol. The number of nitrogens with zero attached hydrogens (tertiary/aromatic N) is 1. The molecule has 0 saturated carbocycles. The topological polar surface area (TPSA) is 41.6 Å². The van der Waals surface area contributed by atoms with Gasteiger partial charge in [-0.1, -0.05) is 0 Å². The third-order valence-corrected chi connectivity index (χ3v) is 2.92. The minimum absolute atomic E-state index is 0.194. The van der Waals surface area contributed by atoms with E-state index < -0.39 is 5.60 Å². The van der Waals surface area contributed by atoms with Crippen LogP contribution in [0.2, 0.25) is 0 Å². The van der Waals surface area contributed by atoms with Crippen molar-refractivity contribution in [1.82, 2.24) is 10.2 Å². The lowest BCUT2D eigenvalue weighted by atomic mass is 10.0. The fourth-order valence-corrected chi connectivity index (χ4v) is 1.92. The van der Waals surface area contributed by atoms with Gasteiger partial charge in [-0.3, -0.25) is 0 Å². The summed E-state index contributed by atoms with van der Waals surface area (Å²) in [6.45, 7) is 8.52. The van der Waals surface area contributed by atoms with E-state index in [9.17, 15) is 4.79 Å². The molecule has 2 atom stereocenters. The van der Waals surface area contributed by atoms with E-state index in [0.29, 0.717) is 6.04 Å². The second kappa shape index (κ2) is 5.04. The molecule has 0 aromatic carbocycles. The van der Waals surface area contributed by atoms with Gasteiger partial charge in [0.15, 0.2) is 0 Å². The summed E-state index contributed by atoms with van der Waals surface area (Å²) in [5, 5.41) is 3.22. The van der Waals surface area contributed by atoms with Gasteiger partial charge in [0.1, 0.15) is 5.60 Å². The highest BCUT2D eigenvalue weighted by Gasteiger charge is 2.31. The van der Waals surface area contributed by atoms with E-state index in [1.54, 1.807) is 0 Å². The van der Waals surface area contributed by atoms with Crippen molar-refractivity contribution in [3.8, 4) is 0 Å². The molecular formula is C12H24N2O2. The van der Waals surface area contributed by atoms with Gasteiger partial charge in [-0.25, -0.2) is 4.79 Å². The Bertz CT molecular complexity index is 248. The van der Waals surface area contributed by atoms with Crippen LogP contribution in [0.1, 0.15) is 40.5 Å². The maximum atomic E-state index is 12.0. The summed E-state index contributed by atoms with van der Waals surface area (Å²) in [5.74, 6) is 0. The van der Waals surface area contributed by atoms with E-state index in [4.69, 9.17) is 4.74 Å². The van der Waals surface area contributed by atoms with Gasteiger partial charge >= 0.3 is 6.09 Å². The van der Waals surface area contributed by atoms with Gasteiger partial charge in [-0.15, -0.1) is 0 Å². The fourth-order valence-electron chi connectivity index (χ4n) is 1.92. The standard InChI is InChI=1S/C12H24N2O2/c1-9-6-7-10(13-5)8-14(9)11(15)16-12(2,3)4/h9-10,13H,6-8H2,1-5H3. The molecule has 1 heterocycles. The van der Waals surface area contributed by atoms with E-state index in [1.165, 1.54) is 0 Å². The van der Waals surface area contributed by atoms with Gasteiger partial charge in [-0.05, 0) is 47.6 Å². The molecule has 2 unspecified atom stereocenters. The number of hydrogen-bond donors (Lipinski definition) is 1. The Labute approximate surface area is 98.3 Å². The minimum Gasteiger partial charge on any atom is -0.444 e. The molecule has 1 saturated heterocycles. The van der Waals surface area contributed by atoms with Crippen LogP contribution in [0.25, 0.3) is 0 Å². The maximum Gasteiger partial charge on any atom is 0.410 e. The molecular weight excluding hydrogens is 204 g/mol. The zero-order valence-electron chi connectivity index (χ0n) is 11.0. The van der Waals surface area contributed by atoms with Crippen molar-refractivity contribution in [3.05, 3.63) is 0 Å². The number of rotatable bonds is 1. The zero-order chi connectivity index (χ0) is 12.3. The molecule has 0 spiro atoms. The van der Waals surface area contributed by atoms with Crippen molar-refractivity contribution in [2.24, 2.45) is 0 Å². The first-order chi connectivity index (χ1) is 7.33. The molecule has 4 heteroatoms. The molecule has 1 amide bonds. The molecule has 1 aliphatic heterocycles. The Morgan fingerprint density at radius 2 is 2.00 bits per heavy atom. The molecule has 0 aromatic rings. The Hall–Kier alpha value is -0.770. The van der Waals surface area contributed by atoms with Gasteiger partial charge in [0.05, 0.1) is 0 Å². The van der Waals surface area contributed by atoms with Gasteiger partial charge in [0.25, 0.3) is 0 Å². The molecule has 0 aromatic heterocycles. The van der Waals surface area contributed by atoms with Crippen molar-refractivity contribution in [1.29, 1.82) is 0 Å². The molecule has 1 aliphatic rings. The van der Waals surface area contributed by atoms with Crippen LogP contribution >= 0.6 is 0 Å². The Morgan fingerprint density at radius 1 is 1.38 bits per heavy atom. The Balaban J connectivity index is 2.59. The summed E-state index contributed by atoms with van der Waals surface area (Å²) >= 11 is 0. The van der Waals surface area contributed by atoms with Crippen molar-refractivity contribution in [2.75, 3.05) is 13.6 Å². The van der Waals surface area contributed by atoms with Gasteiger partial charge in [-0.2, -0.15) is 0 Å². The molecule has 0 bridgehead atoms. The lowest BCUT2D eigenvalue weighted by Crippen LogP contribution is -2.52. The quantitative estimate of drug-likeness (QED) is 0.746. The first-order valence-corrected chi connectivity index (χ1v) is 6.00. The van der Waals surface area contributed by atoms with Crippen LogP contribution in [0.5, 0.6) is 0 Å². The zero-order valence-corrected chi connectivity index (χ0v) is 11.0. The van der Waals surface area contributed by atoms with Crippen LogP contribution in [0.15, 0.2) is 0 Å². The number of likely N-dealkylation sites (N-methyl/N-ethyl adjacent to an activating group) is 1. The van der Waals surface area contributed by atoms with Crippen molar-refractivity contribution in [2.45, 2.75) is 58.2 Å². The summed E-state index contributed by atoms with van der Waals surface area (Å²) < 4.78 is 5.40. The van der Waals surface area contributed by atoms with Crippen molar-refractivity contribution < 1.29 is 9.53 Å². The molecule has 1 fully saturated rings. The molecule has 0 radical (unpaired) electrons. The SMILES string of the molecule is CNC1CCC(C)N(C(=O)OC(C)(C)C)C1. The predicted molar refractivity (Wildman–Crippen MR) is 64.5 cm³/mol. The summed E-state index contributed by atoms with van der Waals surface area (Å²) in [6, 6.07) is 0.670. The lowest BCUT2D eigenvalue weighted by Gasteiger charge is -2.38. The normalized spacial score (nSPS) is 26.7. The summed E-state index contributed by atoms with van der Waals surface area (Å²) in [7, 11) is 1.94. The van der Waals surface area contributed by atoms with Crippen LogP contribution < -0.4 is 5.32 Å². The third kappa shape index (κ3) is 3.67. The smallest absolute Gasteiger partial charge is 0.410 e. The first kappa shape index (κ1) is 13.3. The molecule has 0 aliphatic carbocycles. The number of carbonyl (C=O) groups is 1. The van der Waals surface area contributed by atoms with Crippen LogP contribution in [0, 0.1) is 0 Å². The van der Waals surface area contributed by atoms with Crippen LogP contribution in [0.4, 0.5) is 4.79 Å². The van der Waals surface area contributed by atoms with E-state index in [1.807, 2.05) is 32.7 Å². The molecule has 16 heavy (non-hydrogen) atoms. The number of piperidine rings is 1. The van der Waals surface area contributed by atoms with Crippen LogP contribution in [0.3, 0.4) is 0 Å². The summed E-state index contributed by atoms with van der Waals surface area (Å²) in [5.41, 5.74) is -0.413. The third-order valence-electron chi connectivity index (χ3n) is 2.92. The van der Waals surface area contributed by atoms with E-state index in [2.05, 4.69) is 12.2 Å². The number of carbonyl (C=O) groups excluding carboxylic acids is 1. The first-order valence-electron chi connectivity index (χ1n) is 6.00. The second-order valence-electron chi connectivity index (χ2n) is 5.54. The maximum absolute atomic E-state index is 12.0. The predicted octanol–water partition coefficient (Wildman–Crippen LogP) is 1.99. The lowest BCUT2D eigenvalue weighted by molar-refractivity contribution is 0.00868. The number of amides is 1. The summed E-state index contributed by atoms with van der Waals surface area (Å²) in [4.78, 5) is 13.8. The Morgan fingerprint density at radius 3 is 2.50 bits per heavy atom. The van der Waals surface area contributed by atoms with Crippen molar-refractivity contribution in [3.63, 3.8) is 0 Å². The van der Waals surface area contributed by atoms with Gasteiger partial charge < -0.3 is 15.0 Å². The molecule has 1 N–H and O–H groups in total. The van der Waals surface area contributed by atoms with Crippen LogP contribution in [-0.2, 0) is 4.74 Å². The van der Waals surface area contributed by atoms with Gasteiger partial charge in [0, 0.05) is 18.6 Å². The fraction of sp³-hybridized carbons (Fsp3) is 0.917. The minimum atomic E-state index is -0.413. The van der Waals surface area contributed by atoms with Crippen LogP contribution in [-0.4, -0.2) is 42.3 Å². The van der Waals surface area contributed by atoms with E-state index in [0.717, 1.165) is 19.4 Å². The number of hydrogen-bond acceptors (Lipinski definition) is 3. The molecule has 4 nitrogen and oxygen atoms in total. The Kier molecular flexibility index (Phi) is 4.19. The molecule has 94 valence electrons. The van der Waals surface area contributed by atoms with Crippen molar-refractivity contribution >= 4 is 6.09 Å². The number of ether oxygens (including phenoxy) is 1. The highest BCUT2D eigenvalue weighted by atomic mass is 16.6. The highest BCUT2D eigenvalue weighted by Crippen LogP contribution is 2.20. The number of nitrogens with one attached hydrogen (secondary N) is 1. The summed E-state index contributed by atoms with van der Waals surface area (Å²) in [6.07, 6.45) is 1.96. The highest BCUT2D eigenvalue weighted by molar-refractivity contribution is 5.68. The van der Waals surface area contributed by atoms with E-state index >= 15 is 0 Å². The second-order valence-corrected chi connectivity index (χ2v) is 5.54. The van der Waals surface area contributed by atoms with E-state index in [-0.39, 0.29) is 12.1 Å². The average Bonchev–Trinajstić information content (AvgIpc) is 2.15. The van der Waals surface area contributed by atoms with Gasteiger partial charge in [0.2, 0.25) is 0 Å². The average molecular weight is 228 g/mol. The largest absolute Gasteiger partial charge is 0.444 e.